The molecule has 0 N–H and O–H groups in total. The molecule has 3 aromatic rings. The summed E-state index contributed by atoms with van der Waals surface area (Å²) in [5, 5.41) is 8.81. The summed E-state index contributed by atoms with van der Waals surface area (Å²) >= 11 is 1.31. The molecule has 1 aromatic carbocycles. The summed E-state index contributed by atoms with van der Waals surface area (Å²) in [5.41, 5.74) is 0.0630. The molecule has 0 spiro atoms. The Balaban J connectivity index is 1.64. The van der Waals surface area contributed by atoms with Crippen LogP contribution in [0.2, 0.25) is 0 Å². The van der Waals surface area contributed by atoms with Crippen molar-refractivity contribution in [2.45, 2.75) is 42.6 Å². The molecule has 130 valence electrons. The Morgan fingerprint density at radius 1 is 1.20 bits per heavy atom. The fourth-order valence-electron chi connectivity index (χ4n) is 2.85. The van der Waals surface area contributed by atoms with Crippen molar-refractivity contribution >= 4 is 11.8 Å². The summed E-state index contributed by atoms with van der Waals surface area (Å²) in [6, 6.07) is 7.65. The third-order valence-electron chi connectivity index (χ3n) is 4.27. The van der Waals surface area contributed by atoms with Crippen LogP contribution in [0, 0.1) is 11.6 Å². The van der Waals surface area contributed by atoms with Gasteiger partial charge in [0, 0.05) is 16.7 Å². The van der Waals surface area contributed by atoms with Crippen molar-refractivity contribution < 1.29 is 13.2 Å². The van der Waals surface area contributed by atoms with Gasteiger partial charge in [0.05, 0.1) is 12.8 Å². The molecular formula is C18H17F2N3OS. The predicted molar refractivity (Wildman–Crippen MR) is 90.4 cm³/mol. The van der Waals surface area contributed by atoms with Crippen LogP contribution in [0.1, 0.15) is 48.1 Å². The maximum absolute atomic E-state index is 14.0. The van der Waals surface area contributed by atoms with E-state index in [4.69, 9.17) is 4.42 Å². The average molecular weight is 361 g/mol. The van der Waals surface area contributed by atoms with E-state index < -0.39 is 16.9 Å². The molecule has 1 aliphatic carbocycles. The minimum Gasteiger partial charge on any atom is -0.467 e. The monoisotopic (exact) mass is 361 g/mol. The van der Waals surface area contributed by atoms with Crippen LogP contribution in [0.4, 0.5) is 8.78 Å². The smallest absolute Gasteiger partial charge is 0.192 e. The van der Waals surface area contributed by atoms with Crippen molar-refractivity contribution in [2.75, 3.05) is 0 Å². The van der Waals surface area contributed by atoms with Gasteiger partial charge in [0.2, 0.25) is 0 Å². The molecule has 2 heterocycles. The van der Waals surface area contributed by atoms with E-state index in [9.17, 15) is 8.78 Å². The SMILES string of the molecule is CC(Sc1nnc(C2CC2)n1Cc1ccco1)c1c(F)cccc1F. The molecule has 1 fully saturated rings. The molecule has 4 rings (SSSR count). The van der Waals surface area contributed by atoms with E-state index >= 15 is 0 Å². The van der Waals surface area contributed by atoms with Crippen molar-refractivity contribution in [3.05, 3.63) is 65.4 Å². The molecule has 0 radical (unpaired) electrons. The zero-order chi connectivity index (χ0) is 17.4. The number of halogens is 2. The molecule has 2 aromatic heterocycles. The third kappa shape index (κ3) is 3.33. The second-order valence-electron chi connectivity index (χ2n) is 6.18. The van der Waals surface area contributed by atoms with Crippen LogP contribution in [-0.2, 0) is 6.54 Å². The number of hydrogen-bond donors (Lipinski definition) is 0. The quantitative estimate of drug-likeness (QED) is 0.584. The molecule has 0 bridgehead atoms. The number of aromatic nitrogens is 3. The van der Waals surface area contributed by atoms with Crippen molar-refractivity contribution in [2.24, 2.45) is 0 Å². The topological polar surface area (TPSA) is 43.9 Å². The second kappa shape index (κ2) is 6.63. The standard InChI is InChI=1S/C18H17F2N3OS/c1-11(16-14(19)5-2-6-15(16)20)25-18-22-21-17(12-7-8-12)23(18)10-13-4-3-9-24-13/h2-6,9,11-12H,7-8,10H2,1H3. The highest BCUT2D eigenvalue weighted by molar-refractivity contribution is 7.99. The van der Waals surface area contributed by atoms with Gasteiger partial charge in [0.1, 0.15) is 23.2 Å². The first-order valence-corrected chi connectivity index (χ1v) is 9.07. The van der Waals surface area contributed by atoms with E-state index in [1.165, 1.54) is 30.0 Å². The van der Waals surface area contributed by atoms with Crippen LogP contribution >= 0.6 is 11.8 Å². The van der Waals surface area contributed by atoms with Gasteiger partial charge in [-0.15, -0.1) is 10.2 Å². The van der Waals surface area contributed by atoms with Gasteiger partial charge in [-0.2, -0.15) is 0 Å². The van der Waals surface area contributed by atoms with Gasteiger partial charge >= 0.3 is 0 Å². The summed E-state index contributed by atoms with van der Waals surface area (Å²) in [7, 11) is 0. The van der Waals surface area contributed by atoms with Crippen LogP contribution in [-0.4, -0.2) is 14.8 Å². The lowest BCUT2D eigenvalue weighted by molar-refractivity contribution is 0.478. The summed E-state index contributed by atoms with van der Waals surface area (Å²) in [6.07, 6.45) is 3.82. The van der Waals surface area contributed by atoms with Gasteiger partial charge in [-0.05, 0) is 44.0 Å². The number of nitrogens with zero attached hydrogens (tertiary/aromatic N) is 3. The van der Waals surface area contributed by atoms with E-state index in [0.29, 0.717) is 17.6 Å². The summed E-state index contributed by atoms with van der Waals surface area (Å²) in [4.78, 5) is 0. The lowest BCUT2D eigenvalue weighted by Crippen LogP contribution is -2.06. The van der Waals surface area contributed by atoms with Crippen molar-refractivity contribution in [1.82, 2.24) is 14.8 Å². The molecule has 1 atom stereocenters. The van der Waals surface area contributed by atoms with Gasteiger partial charge in [0.15, 0.2) is 5.16 Å². The molecular weight excluding hydrogens is 344 g/mol. The Labute approximate surface area is 148 Å². The van der Waals surface area contributed by atoms with E-state index in [1.54, 1.807) is 13.2 Å². The highest BCUT2D eigenvalue weighted by Crippen LogP contribution is 2.42. The minimum absolute atomic E-state index is 0.0630. The second-order valence-corrected chi connectivity index (χ2v) is 7.48. The molecule has 1 aliphatic rings. The molecule has 25 heavy (non-hydrogen) atoms. The fraction of sp³-hybridized carbons (Fsp3) is 0.333. The molecule has 0 amide bonds. The summed E-state index contributed by atoms with van der Waals surface area (Å²) < 4.78 is 35.5. The Hall–Kier alpha value is -2.15. The van der Waals surface area contributed by atoms with Crippen LogP contribution in [0.5, 0.6) is 0 Å². The normalized spacial score (nSPS) is 15.5. The molecule has 0 saturated heterocycles. The van der Waals surface area contributed by atoms with E-state index in [-0.39, 0.29) is 5.56 Å². The highest BCUT2D eigenvalue weighted by Gasteiger charge is 2.31. The van der Waals surface area contributed by atoms with Crippen molar-refractivity contribution in [3.63, 3.8) is 0 Å². The molecule has 7 heteroatoms. The largest absolute Gasteiger partial charge is 0.467 e. The van der Waals surface area contributed by atoms with Crippen LogP contribution in [0.15, 0.2) is 46.2 Å². The first kappa shape index (κ1) is 16.3. The van der Waals surface area contributed by atoms with E-state index in [1.807, 2.05) is 16.7 Å². The van der Waals surface area contributed by atoms with Gasteiger partial charge < -0.3 is 4.42 Å². The summed E-state index contributed by atoms with van der Waals surface area (Å²) in [5.74, 6) is 1.05. The molecule has 4 nitrogen and oxygen atoms in total. The average Bonchev–Trinajstić information content (AvgIpc) is 3.15. The fourth-order valence-corrected chi connectivity index (χ4v) is 3.89. The Kier molecular flexibility index (Phi) is 4.33. The van der Waals surface area contributed by atoms with Gasteiger partial charge in [0.25, 0.3) is 0 Å². The number of rotatable bonds is 6. The van der Waals surface area contributed by atoms with E-state index in [0.717, 1.165) is 24.4 Å². The Morgan fingerprint density at radius 3 is 2.60 bits per heavy atom. The maximum Gasteiger partial charge on any atom is 0.192 e. The third-order valence-corrected chi connectivity index (χ3v) is 5.37. The zero-order valence-corrected chi connectivity index (χ0v) is 14.5. The van der Waals surface area contributed by atoms with Crippen LogP contribution in [0.3, 0.4) is 0 Å². The highest BCUT2D eigenvalue weighted by atomic mass is 32.2. The lowest BCUT2D eigenvalue weighted by atomic mass is 10.1. The number of benzene rings is 1. The van der Waals surface area contributed by atoms with E-state index in [2.05, 4.69) is 10.2 Å². The Morgan fingerprint density at radius 2 is 1.96 bits per heavy atom. The Bertz CT molecular complexity index is 854. The first-order chi connectivity index (χ1) is 12.1. The summed E-state index contributed by atoms with van der Waals surface area (Å²) in [6.45, 7) is 2.29. The van der Waals surface area contributed by atoms with Crippen molar-refractivity contribution in [1.29, 1.82) is 0 Å². The maximum atomic E-state index is 14.0. The number of hydrogen-bond acceptors (Lipinski definition) is 4. The molecule has 0 aliphatic heterocycles. The predicted octanol–water partition coefficient (Wildman–Crippen LogP) is 4.93. The first-order valence-electron chi connectivity index (χ1n) is 8.19. The molecule has 1 unspecified atom stereocenters. The van der Waals surface area contributed by atoms with Gasteiger partial charge in [-0.1, -0.05) is 17.8 Å². The molecule has 1 saturated carbocycles. The number of thioether (sulfide) groups is 1. The van der Waals surface area contributed by atoms with Crippen molar-refractivity contribution in [3.8, 4) is 0 Å². The minimum atomic E-state index is -0.542. The van der Waals surface area contributed by atoms with Gasteiger partial charge in [-0.3, -0.25) is 4.57 Å². The van der Waals surface area contributed by atoms with Crippen LogP contribution in [0.25, 0.3) is 0 Å². The van der Waals surface area contributed by atoms with Crippen LogP contribution < -0.4 is 0 Å². The number of furan rings is 1. The lowest BCUT2D eigenvalue weighted by Gasteiger charge is -2.14. The van der Waals surface area contributed by atoms with Gasteiger partial charge in [-0.25, -0.2) is 8.78 Å². The zero-order valence-electron chi connectivity index (χ0n) is 13.7.